The molecule has 29 heavy (non-hydrogen) atoms. The molecule has 1 amide bonds. The van der Waals surface area contributed by atoms with Crippen molar-refractivity contribution >= 4 is 22.8 Å². The first-order chi connectivity index (χ1) is 14.1. The van der Waals surface area contributed by atoms with E-state index in [9.17, 15) is 4.79 Å². The molecule has 1 aliphatic rings. The average molecular weight is 398 g/mol. The van der Waals surface area contributed by atoms with E-state index in [1.54, 1.807) is 0 Å². The van der Waals surface area contributed by atoms with Crippen LogP contribution in [0.25, 0.3) is 10.9 Å². The van der Waals surface area contributed by atoms with Crippen molar-refractivity contribution in [3.63, 3.8) is 0 Å². The molecule has 1 saturated heterocycles. The van der Waals surface area contributed by atoms with Crippen LogP contribution in [0.15, 0.2) is 29.4 Å². The second-order valence-electron chi connectivity index (χ2n) is 7.84. The summed E-state index contributed by atoms with van der Waals surface area (Å²) in [5.41, 5.74) is 3.79. The second kappa shape index (κ2) is 10.3. The van der Waals surface area contributed by atoms with Crippen molar-refractivity contribution in [3.05, 3.63) is 35.5 Å². The van der Waals surface area contributed by atoms with Gasteiger partial charge in [0.15, 0.2) is 5.96 Å². The molecule has 0 bridgehead atoms. The van der Waals surface area contributed by atoms with E-state index in [4.69, 9.17) is 4.99 Å². The molecule has 0 spiro atoms. The van der Waals surface area contributed by atoms with Crippen molar-refractivity contribution in [1.29, 1.82) is 0 Å². The van der Waals surface area contributed by atoms with E-state index in [0.29, 0.717) is 18.4 Å². The van der Waals surface area contributed by atoms with Crippen LogP contribution in [0.5, 0.6) is 0 Å². The monoisotopic (exact) mass is 397 g/mol. The fourth-order valence-electron chi connectivity index (χ4n) is 4.13. The van der Waals surface area contributed by atoms with Crippen molar-refractivity contribution in [2.45, 2.75) is 58.9 Å². The Morgan fingerprint density at radius 3 is 2.90 bits per heavy atom. The first-order valence-corrected chi connectivity index (χ1v) is 11.0. The van der Waals surface area contributed by atoms with Gasteiger partial charge in [0.25, 0.3) is 0 Å². The van der Waals surface area contributed by atoms with E-state index in [1.165, 1.54) is 22.0 Å². The van der Waals surface area contributed by atoms with Crippen molar-refractivity contribution < 1.29 is 4.79 Å². The van der Waals surface area contributed by atoms with Gasteiger partial charge in [0.1, 0.15) is 0 Å². The van der Waals surface area contributed by atoms with E-state index >= 15 is 0 Å². The van der Waals surface area contributed by atoms with Crippen LogP contribution >= 0.6 is 0 Å². The van der Waals surface area contributed by atoms with Crippen LogP contribution < -0.4 is 10.6 Å². The number of likely N-dealkylation sites (tertiary alicyclic amines) is 1. The van der Waals surface area contributed by atoms with Gasteiger partial charge in [-0.05, 0) is 56.7 Å². The third kappa shape index (κ3) is 5.52. The maximum atomic E-state index is 12.0. The van der Waals surface area contributed by atoms with E-state index in [1.807, 2.05) is 0 Å². The van der Waals surface area contributed by atoms with Gasteiger partial charge in [-0.1, -0.05) is 19.1 Å². The molecule has 1 aromatic carbocycles. The van der Waals surface area contributed by atoms with E-state index < -0.39 is 0 Å². The lowest BCUT2D eigenvalue weighted by Crippen LogP contribution is -2.39. The Bertz CT molecular complexity index is 841. The van der Waals surface area contributed by atoms with Gasteiger partial charge in [0.05, 0.1) is 0 Å². The minimum absolute atomic E-state index is 0.305. The lowest BCUT2D eigenvalue weighted by atomic mass is 10.1. The molecule has 2 aromatic rings. The van der Waals surface area contributed by atoms with Gasteiger partial charge in [-0.2, -0.15) is 0 Å². The van der Waals surface area contributed by atoms with Gasteiger partial charge in [0.2, 0.25) is 5.91 Å². The zero-order valence-corrected chi connectivity index (χ0v) is 18.1. The molecule has 1 aliphatic heterocycles. The molecule has 2 heterocycles. The first-order valence-electron chi connectivity index (χ1n) is 11.0. The van der Waals surface area contributed by atoms with Gasteiger partial charge in [0, 0.05) is 55.7 Å². The number of hydrogen-bond donors (Lipinski definition) is 3. The number of guanidine groups is 1. The number of nitrogens with zero attached hydrogens (tertiary/aromatic N) is 2. The summed E-state index contributed by atoms with van der Waals surface area (Å²) < 4.78 is 0. The number of amides is 1. The lowest BCUT2D eigenvalue weighted by molar-refractivity contribution is -0.129. The molecular weight excluding hydrogens is 362 g/mol. The van der Waals surface area contributed by atoms with E-state index in [2.05, 4.69) is 65.7 Å². The van der Waals surface area contributed by atoms with Gasteiger partial charge < -0.3 is 20.5 Å². The third-order valence-corrected chi connectivity index (χ3v) is 5.71. The molecule has 1 aromatic heterocycles. The van der Waals surface area contributed by atoms with Crippen LogP contribution in [-0.2, 0) is 11.2 Å². The van der Waals surface area contributed by atoms with Crippen LogP contribution in [0.1, 0.15) is 50.7 Å². The summed E-state index contributed by atoms with van der Waals surface area (Å²) in [6.45, 7) is 9.65. The molecule has 158 valence electrons. The number of benzene rings is 1. The predicted molar refractivity (Wildman–Crippen MR) is 120 cm³/mol. The largest absolute Gasteiger partial charge is 0.361 e. The summed E-state index contributed by atoms with van der Waals surface area (Å²) in [5.74, 6) is 1.16. The fourth-order valence-corrected chi connectivity index (χ4v) is 4.13. The molecule has 1 unspecified atom stereocenters. The van der Waals surface area contributed by atoms with Crippen LogP contribution in [0, 0.1) is 6.92 Å². The minimum Gasteiger partial charge on any atom is -0.361 e. The second-order valence-corrected chi connectivity index (χ2v) is 7.84. The molecule has 6 nitrogen and oxygen atoms in total. The highest BCUT2D eigenvalue weighted by molar-refractivity contribution is 5.84. The number of carbonyl (C=O) groups excluding carboxylic acids is 1. The third-order valence-electron chi connectivity index (χ3n) is 5.71. The summed E-state index contributed by atoms with van der Waals surface area (Å²) in [6, 6.07) is 6.85. The Labute approximate surface area is 174 Å². The quantitative estimate of drug-likeness (QED) is 0.449. The molecule has 0 saturated carbocycles. The number of hydrogen-bond acceptors (Lipinski definition) is 2. The van der Waals surface area contributed by atoms with Gasteiger partial charge in [-0.25, -0.2) is 0 Å². The summed E-state index contributed by atoms with van der Waals surface area (Å²) in [7, 11) is 0. The highest BCUT2D eigenvalue weighted by atomic mass is 16.2. The lowest BCUT2D eigenvalue weighted by Gasteiger charge is -2.26. The number of carbonyl (C=O) groups is 1. The standard InChI is InChI=1S/C23H35N5O/c1-4-19(28-14-6-7-22(28)29)11-13-26-23(24-5-2)25-12-10-18-16-27-21-15-17(3)8-9-20(18)21/h8-9,15-16,19,27H,4-7,10-14H2,1-3H3,(H2,24,25,26). The van der Waals surface area contributed by atoms with E-state index in [-0.39, 0.29) is 0 Å². The Morgan fingerprint density at radius 2 is 2.17 bits per heavy atom. The Kier molecular flexibility index (Phi) is 7.55. The van der Waals surface area contributed by atoms with Gasteiger partial charge >= 0.3 is 0 Å². The number of aromatic nitrogens is 1. The Morgan fingerprint density at radius 1 is 1.31 bits per heavy atom. The molecule has 3 rings (SSSR count). The molecule has 6 heteroatoms. The molecule has 3 N–H and O–H groups in total. The molecule has 1 atom stereocenters. The van der Waals surface area contributed by atoms with Gasteiger partial charge in [-0.3, -0.25) is 9.79 Å². The van der Waals surface area contributed by atoms with Crippen molar-refractivity contribution in [2.75, 3.05) is 26.2 Å². The number of aryl methyl sites for hydroxylation is 1. The zero-order valence-electron chi connectivity index (χ0n) is 18.1. The smallest absolute Gasteiger partial charge is 0.222 e. The number of nitrogens with one attached hydrogen (secondary N) is 3. The Hall–Kier alpha value is -2.50. The van der Waals surface area contributed by atoms with Crippen molar-refractivity contribution in [2.24, 2.45) is 4.99 Å². The fraction of sp³-hybridized carbons (Fsp3) is 0.565. The average Bonchev–Trinajstić information content (AvgIpc) is 3.31. The highest BCUT2D eigenvalue weighted by Gasteiger charge is 2.26. The van der Waals surface area contributed by atoms with Crippen LogP contribution in [-0.4, -0.2) is 54.0 Å². The first kappa shape index (κ1) is 21.2. The molecule has 1 fully saturated rings. The predicted octanol–water partition coefficient (Wildman–Crippen LogP) is 3.37. The maximum Gasteiger partial charge on any atom is 0.222 e. The Balaban J connectivity index is 1.51. The highest BCUT2D eigenvalue weighted by Crippen LogP contribution is 2.20. The number of H-pyrrole nitrogens is 1. The molecule has 0 aliphatic carbocycles. The summed E-state index contributed by atoms with van der Waals surface area (Å²) in [6.07, 6.45) is 6.65. The summed E-state index contributed by atoms with van der Waals surface area (Å²) in [4.78, 5) is 22.2. The minimum atomic E-state index is 0.305. The van der Waals surface area contributed by atoms with Crippen molar-refractivity contribution in [3.8, 4) is 0 Å². The van der Waals surface area contributed by atoms with Crippen molar-refractivity contribution in [1.82, 2.24) is 20.5 Å². The van der Waals surface area contributed by atoms with E-state index in [0.717, 1.165) is 57.8 Å². The molecule has 0 radical (unpaired) electrons. The number of aromatic amines is 1. The number of aliphatic imine (C=N–C) groups is 1. The van der Waals surface area contributed by atoms with Gasteiger partial charge in [-0.15, -0.1) is 0 Å². The normalized spacial score (nSPS) is 15.9. The summed E-state index contributed by atoms with van der Waals surface area (Å²) in [5, 5.41) is 8.07. The molecular formula is C23H35N5O. The van der Waals surface area contributed by atoms with Crippen LogP contribution in [0.3, 0.4) is 0 Å². The SMILES string of the molecule is CCNC(=NCCC(CC)N1CCCC1=O)NCCc1c[nH]c2cc(C)ccc12. The number of fused-ring (bicyclic) bond motifs is 1. The number of rotatable bonds is 9. The summed E-state index contributed by atoms with van der Waals surface area (Å²) >= 11 is 0. The topological polar surface area (TPSA) is 72.5 Å². The van der Waals surface area contributed by atoms with Crippen LogP contribution in [0.2, 0.25) is 0 Å². The van der Waals surface area contributed by atoms with Crippen LogP contribution in [0.4, 0.5) is 0 Å². The zero-order chi connectivity index (χ0) is 20.6. The maximum absolute atomic E-state index is 12.0.